The number of aromatic nitrogens is 2. The molecule has 0 bridgehead atoms. The van der Waals surface area contributed by atoms with Crippen molar-refractivity contribution in [3.63, 3.8) is 0 Å². The van der Waals surface area contributed by atoms with Crippen molar-refractivity contribution in [1.29, 1.82) is 0 Å². The van der Waals surface area contributed by atoms with Gasteiger partial charge in [-0.1, -0.05) is 121 Å². The van der Waals surface area contributed by atoms with Gasteiger partial charge in [0.05, 0.1) is 12.4 Å². The summed E-state index contributed by atoms with van der Waals surface area (Å²) in [5, 5.41) is 0. The molecule has 1 aromatic heterocycles. The van der Waals surface area contributed by atoms with Crippen LogP contribution in [0.15, 0.2) is 146 Å². The Morgan fingerprint density at radius 1 is 0.469 bits per heavy atom. The molecule has 0 N–H and O–H groups in total. The third kappa shape index (κ3) is 4.52. The summed E-state index contributed by atoms with van der Waals surface area (Å²) in [4.78, 5) is 3.82. The topological polar surface area (TPSA) is 16.8 Å². The SMILES string of the molecule is C[n+]1ccncc1.c1ccc([B-](c2ccccc2)(c2ccccc2)c2ccccc2)cc1. The minimum absolute atomic E-state index is 1.22. The summed E-state index contributed by atoms with van der Waals surface area (Å²) < 4.78 is 1.94. The van der Waals surface area contributed by atoms with Crippen molar-refractivity contribution in [3.05, 3.63) is 146 Å². The van der Waals surface area contributed by atoms with Gasteiger partial charge in [-0.25, -0.2) is 4.57 Å². The Labute approximate surface area is 190 Å². The maximum absolute atomic E-state index is 3.82. The first-order valence-corrected chi connectivity index (χ1v) is 10.9. The van der Waals surface area contributed by atoms with Gasteiger partial charge in [0.2, 0.25) is 0 Å². The molecule has 2 nitrogen and oxygen atoms in total. The van der Waals surface area contributed by atoms with Gasteiger partial charge in [-0.15, -0.1) is 0 Å². The van der Waals surface area contributed by atoms with Crippen molar-refractivity contribution in [2.75, 3.05) is 0 Å². The molecule has 4 aromatic carbocycles. The average Bonchev–Trinajstić information content (AvgIpc) is 2.88. The van der Waals surface area contributed by atoms with Crippen LogP contribution in [0.25, 0.3) is 0 Å². The molecule has 1 heterocycles. The van der Waals surface area contributed by atoms with Gasteiger partial charge in [-0.05, 0) is 0 Å². The second kappa shape index (κ2) is 10.4. The number of benzene rings is 4. The van der Waals surface area contributed by atoms with Crippen LogP contribution in [0.5, 0.6) is 0 Å². The summed E-state index contributed by atoms with van der Waals surface area (Å²) in [5.74, 6) is 0. The molecule has 5 rings (SSSR count). The molecule has 0 unspecified atom stereocenters. The molecule has 5 aromatic rings. The summed E-state index contributed by atoms with van der Waals surface area (Å²) in [6.45, 7) is 0. The molecule has 0 saturated heterocycles. The fraction of sp³-hybridized carbons (Fsp3) is 0.0345. The Bertz CT molecular complexity index is 1030. The molecule has 0 amide bonds. The van der Waals surface area contributed by atoms with Crippen LogP contribution < -0.4 is 26.4 Å². The van der Waals surface area contributed by atoms with Crippen molar-refractivity contribution in [2.45, 2.75) is 0 Å². The van der Waals surface area contributed by atoms with E-state index in [9.17, 15) is 0 Å². The molecular weight excluding hydrogens is 387 g/mol. The van der Waals surface area contributed by atoms with E-state index in [1.165, 1.54) is 21.9 Å². The van der Waals surface area contributed by atoms with Crippen molar-refractivity contribution in [2.24, 2.45) is 7.05 Å². The Hall–Kier alpha value is -3.98. The molecule has 0 aliphatic carbocycles. The van der Waals surface area contributed by atoms with Crippen LogP contribution in [0.2, 0.25) is 0 Å². The number of aryl methyl sites for hydroxylation is 1. The molecule has 0 fully saturated rings. The van der Waals surface area contributed by atoms with E-state index in [1.54, 1.807) is 12.4 Å². The van der Waals surface area contributed by atoms with E-state index in [0.717, 1.165) is 0 Å². The fourth-order valence-electron chi connectivity index (χ4n) is 4.51. The van der Waals surface area contributed by atoms with Crippen LogP contribution in [0, 0.1) is 0 Å². The number of hydrogen-bond donors (Lipinski definition) is 0. The second-order valence-electron chi connectivity index (χ2n) is 7.92. The van der Waals surface area contributed by atoms with Gasteiger partial charge in [0.25, 0.3) is 0 Å². The standard InChI is InChI=1S/C24H20B.C5H7N2/c1-5-13-21(14-6-1)25(22-15-7-2-8-16-22,23-17-9-3-10-18-23)24-19-11-4-12-20-24;1-7-4-2-6-3-5-7/h1-20H;2-5H,1H3/q-1;+1. The zero-order chi connectivity index (χ0) is 22.1. The van der Waals surface area contributed by atoms with Gasteiger partial charge in [0.1, 0.15) is 13.2 Å². The Kier molecular flexibility index (Phi) is 6.89. The molecule has 0 atom stereocenters. The van der Waals surface area contributed by atoms with Gasteiger partial charge < -0.3 is 0 Å². The number of nitrogens with zero attached hydrogens (tertiary/aromatic N) is 2. The fourth-order valence-corrected chi connectivity index (χ4v) is 4.51. The summed E-state index contributed by atoms with van der Waals surface area (Å²) in [6.07, 6.45) is 6.06. The lowest BCUT2D eigenvalue weighted by molar-refractivity contribution is -0.672. The van der Waals surface area contributed by atoms with Gasteiger partial charge in [-0.2, -0.15) is 21.9 Å². The summed E-state index contributed by atoms with van der Waals surface area (Å²) in [7, 11) is 1.96. The molecule has 32 heavy (non-hydrogen) atoms. The first-order valence-electron chi connectivity index (χ1n) is 10.9. The van der Waals surface area contributed by atoms with E-state index in [1.807, 2.05) is 24.0 Å². The number of hydrogen-bond acceptors (Lipinski definition) is 1. The Morgan fingerprint density at radius 2 is 0.750 bits per heavy atom. The van der Waals surface area contributed by atoms with Gasteiger partial charge in [-0.3, -0.25) is 4.98 Å². The summed E-state index contributed by atoms with van der Waals surface area (Å²) in [5.41, 5.74) is 5.36. The van der Waals surface area contributed by atoms with Crippen molar-refractivity contribution in [3.8, 4) is 0 Å². The molecule has 0 spiro atoms. The Morgan fingerprint density at radius 3 is 0.969 bits per heavy atom. The quantitative estimate of drug-likeness (QED) is 0.327. The summed E-state index contributed by atoms with van der Waals surface area (Å²) in [6, 6.07) is 43.5. The highest BCUT2D eigenvalue weighted by Crippen LogP contribution is 2.09. The average molecular weight is 414 g/mol. The lowest BCUT2D eigenvalue weighted by atomic mass is 9.13. The second-order valence-corrected chi connectivity index (χ2v) is 7.92. The van der Waals surface area contributed by atoms with Crippen LogP contribution in [-0.2, 0) is 7.05 Å². The zero-order valence-electron chi connectivity index (χ0n) is 18.3. The minimum atomic E-state index is -1.22. The van der Waals surface area contributed by atoms with Gasteiger partial charge >= 0.3 is 0 Å². The highest BCUT2D eigenvalue weighted by atomic mass is 14.9. The lowest BCUT2D eigenvalue weighted by Crippen LogP contribution is -2.74. The van der Waals surface area contributed by atoms with Gasteiger partial charge in [0, 0.05) is 0 Å². The van der Waals surface area contributed by atoms with Crippen molar-refractivity contribution >= 4 is 28.0 Å². The first kappa shape index (κ1) is 21.3. The van der Waals surface area contributed by atoms with Crippen LogP contribution in [0.3, 0.4) is 0 Å². The predicted octanol–water partition coefficient (Wildman–Crippen LogP) is 2.97. The van der Waals surface area contributed by atoms with E-state index in [0.29, 0.717) is 0 Å². The zero-order valence-corrected chi connectivity index (χ0v) is 18.3. The third-order valence-corrected chi connectivity index (χ3v) is 5.97. The van der Waals surface area contributed by atoms with Crippen molar-refractivity contribution < 1.29 is 4.57 Å². The molecule has 0 saturated carbocycles. The molecule has 0 aliphatic rings. The largest absolute Gasteiger partial charge is 0.252 e. The van der Waals surface area contributed by atoms with E-state index < -0.39 is 6.15 Å². The summed E-state index contributed by atoms with van der Waals surface area (Å²) >= 11 is 0. The third-order valence-electron chi connectivity index (χ3n) is 5.97. The van der Waals surface area contributed by atoms with Crippen LogP contribution in [-0.4, -0.2) is 11.1 Å². The molecular formula is C29H27BN2. The van der Waals surface area contributed by atoms with E-state index in [-0.39, 0.29) is 0 Å². The smallest absolute Gasteiger partial charge is 0.186 e. The maximum atomic E-state index is 3.82. The van der Waals surface area contributed by atoms with Crippen molar-refractivity contribution in [1.82, 2.24) is 4.98 Å². The monoisotopic (exact) mass is 414 g/mol. The molecule has 3 heteroatoms. The van der Waals surface area contributed by atoms with E-state index in [2.05, 4.69) is 126 Å². The first-order chi connectivity index (χ1) is 15.8. The van der Waals surface area contributed by atoms with Crippen LogP contribution in [0.4, 0.5) is 0 Å². The van der Waals surface area contributed by atoms with E-state index >= 15 is 0 Å². The predicted molar refractivity (Wildman–Crippen MR) is 135 cm³/mol. The molecule has 0 radical (unpaired) electrons. The molecule has 0 aliphatic heterocycles. The highest BCUT2D eigenvalue weighted by Gasteiger charge is 2.30. The lowest BCUT2D eigenvalue weighted by Gasteiger charge is -2.44. The minimum Gasteiger partial charge on any atom is -0.252 e. The maximum Gasteiger partial charge on any atom is 0.186 e. The van der Waals surface area contributed by atoms with Crippen LogP contribution >= 0.6 is 0 Å². The van der Waals surface area contributed by atoms with Gasteiger partial charge in [0.15, 0.2) is 12.4 Å². The van der Waals surface area contributed by atoms with Crippen LogP contribution in [0.1, 0.15) is 0 Å². The van der Waals surface area contributed by atoms with E-state index in [4.69, 9.17) is 0 Å². The highest BCUT2D eigenvalue weighted by molar-refractivity contribution is 7.19. The number of rotatable bonds is 4. The molecule has 156 valence electrons. The normalized spacial score (nSPS) is 10.7. The Balaban J connectivity index is 0.000000300.